The van der Waals surface area contributed by atoms with Crippen molar-refractivity contribution in [2.45, 2.75) is 39.3 Å². The van der Waals surface area contributed by atoms with Crippen molar-refractivity contribution in [3.05, 3.63) is 29.8 Å². The van der Waals surface area contributed by atoms with Crippen LogP contribution in [-0.2, 0) is 11.3 Å². The topological polar surface area (TPSA) is 49.6 Å². The van der Waals surface area contributed by atoms with E-state index in [9.17, 15) is 4.79 Å². The quantitative estimate of drug-likeness (QED) is 0.775. The first-order valence-electron chi connectivity index (χ1n) is 7.50. The maximum Gasteiger partial charge on any atom is 0.236 e. The first-order valence-corrected chi connectivity index (χ1v) is 7.50. The van der Waals surface area contributed by atoms with Crippen LogP contribution >= 0.6 is 0 Å². The zero-order chi connectivity index (χ0) is 14.5. The van der Waals surface area contributed by atoms with E-state index in [1.54, 1.807) is 0 Å². The predicted octanol–water partition coefficient (Wildman–Crippen LogP) is 2.10. The van der Waals surface area contributed by atoms with Crippen LogP contribution in [0.5, 0.6) is 0 Å². The van der Waals surface area contributed by atoms with E-state index in [1.807, 2.05) is 29.2 Å². The van der Waals surface area contributed by atoms with Crippen molar-refractivity contribution >= 4 is 11.6 Å². The summed E-state index contributed by atoms with van der Waals surface area (Å²) in [6, 6.07) is 8.38. The van der Waals surface area contributed by atoms with Gasteiger partial charge in [-0.15, -0.1) is 0 Å². The maximum absolute atomic E-state index is 12.3. The van der Waals surface area contributed by atoms with Gasteiger partial charge in [-0.1, -0.05) is 19.1 Å². The minimum atomic E-state index is 0.257. The highest BCUT2D eigenvalue weighted by atomic mass is 16.2. The van der Waals surface area contributed by atoms with Crippen molar-refractivity contribution in [2.24, 2.45) is 0 Å². The average Bonchev–Trinajstić information content (AvgIpc) is 3.26. The molecule has 110 valence electrons. The van der Waals surface area contributed by atoms with E-state index >= 15 is 0 Å². The number of rotatable bonds is 7. The van der Waals surface area contributed by atoms with Gasteiger partial charge in [-0.25, -0.2) is 0 Å². The third kappa shape index (κ3) is 3.97. The van der Waals surface area contributed by atoms with Gasteiger partial charge in [0.2, 0.25) is 5.91 Å². The first kappa shape index (κ1) is 14.9. The van der Waals surface area contributed by atoms with E-state index in [1.165, 1.54) is 18.4 Å². The monoisotopic (exact) mass is 275 g/mol. The minimum absolute atomic E-state index is 0.257. The molecule has 0 aliphatic heterocycles. The molecule has 1 fully saturated rings. The van der Waals surface area contributed by atoms with Crippen molar-refractivity contribution < 1.29 is 4.79 Å². The van der Waals surface area contributed by atoms with Crippen LogP contribution in [0.4, 0.5) is 5.69 Å². The molecule has 0 bridgehead atoms. The number of anilines is 1. The Kier molecular flexibility index (Phi) is 5.01. The SMILES string of the molecule is CCN(CC(=O)N(CC)C1CC1)Cc1ccc(N)cc1. The van der Waals surface area contributed by atoms with Crippen molar-refractivity contribution in [2.75, 3.05) is 25.4 Å². The van der Waals surface area contributed by atoms with Crippen LogP contribution in [0.25, 0.3) is 0 Å². The number of carbonyl (C=O) groups is 1. The molecule has 0 atom stereocenters. The molecular formula is C16H25N3O. The summed E-state index contributed by atoms with van der Waals surface area (Å²) < 4.78 is 0. The highest BCUT2D eigenvalue weighted by Gasteiger charge is 2.31. The molecular weight excluding hydrogens is 250 g/mol. The molecule has 2 rings (SSSR count). The summed E-state index contributed by atoms with van der Waals surface area (Å²) in [4.78, 5) is 16.5. The molecule has 0 spiro atoms. The van der Waals surface area contributed by atoms with Crippen molar-refractivity contribution in [1.82, 2.24) is 9.80 Å². The molecule has 4 heteroatoms. The van der Waals surface area contributed by atoms with E-state index in [0.29, 0.717) is 12.6 Å². The van der Waals surface area contributed by atoms with Crippen molar-refractivity contribution in [3.63, 3.8) is 0 Å². The van der Waals surface area contributed by atoms with Gasteiger partial charge in [0.1, 0.15) is 0 Å². The molecule has 0 unspecified atom stereocenters. The number of nitrogen functional groups attached to an aromatic ring is 1. The Balaban J connectivity index is 1.91. The Morgan fingerprint density at radius 2 is 1.85 bits per heavy atom. The second-order valence-corrected chi connectivity index (χ2v) is 5.46. The molecule has 1 aliphatic carbocycles. The third-order valence-electron chi connectivity index (χ3n) is 3.84. The molecule has 0 aromatic heterocycles. The molecule has 0 radical (unpaired) electrons. The van der Waals surface area contributed by atoms with Gasteiger partial charge in [-0.05, 0) is 44.0 Å². The first-order chi connectivity index (χ1) is 9.63. The normalized spacial score (nSPS) is 14.6. The van der Waals surface area contributed by atoms with Crippen molar-refractivity contribution in [3.8, 4) is 0 Å². The van der Waals surface area contributed by atoms with E-state index in [4.69, 9.17) is 5.73 Å². The Morgan fingerprint density at radius 3 is 2.35 bits per heavy atom. The number of nitrogens with two attached hydrogens (primary N) is 1. The number of benzene rings is 1. The standard InChI is InChI=1S/C16H25N3O/c1-3-18(11-13-5-7-14(17)8-6-13)12-16(20)19(4-2)15-9-10-15/h5-8,15H,3-4,9-12,17H2,1-2H3. The Labute approximate surface area is 121 Å². The summed E-state index contributed by atoms with van der Waals surface area (Å²) >= 11 is 0. The molecule has 4 nitrogen and oxygen atoms in total. The van der Waals surface area contributed by atoms with Gasteiger partial charge in [0.05, 0.1) is 6.54 Å². The lowest BCUT2D eigenvalue weighted by molar-refractivity contribution is -0.132. The fraction of sp³-hybridized carbons (Fsp3) is 0.562. The van der Waals surface area contributed by atoms with Crippen LogP contribution in [0.15, 0.2) is 24.3 Å². The van der Waals surface area contributed by atoms with Crippen LogP contribution in [0.1, 0.15) is 32.3 Å². The molecule has 1 amide bonds. The van der Waals surface area contributed by atoms with Gasteiger partial charge in [-0.3, -0.25) is 9.69 Å². The lowest BCUT2D eigenvalue weighted by Crippen LogP contribution is -2.41. The Hall–Kier alpha value is -1.55. The number of hydrogen-bond donors (Lipinski definition) is 1. The maximum atomic E-state index is 12.3. The van der Waals surface area contributed by atoms with E-state index in [-0.39, 0.29) is 5.91 Å². The summed E-state index contributed by atoms with van der Waals surface area (Å²) in [5.41, 5.74) is 7.67. The number of nitrogens with zero attached hydrogens (tertiary/aromatic N) is 2. The molecule has 2 N–H and O–H groups in total. The number of likely N-dealkylation sites (N-methyl/N-ethyl adjacent to an activating group) is 2. The van der Waals surface area contributed by atoms with Gasteiger partial charge >= 0.3 is 0 Å². The molecule has 0 heterocycles. The van der Waals surface area contributed by atoms with Crippen LogP contribution in [-0.4, -0.2) is 41.4 Å². The second kappa shape index (κ2) is 6.75. The smallest absolute Gasteiger partial charge is 0.236 e. The van der Waals surface area contributed by atoms with Crippen LogP contribution in [0, 0.1) is 0 Å². The van der Waals surface area contributed by atoms with Crippen LogP contribution in [0.3, 0.4) is 0 Å². The van der Waals surface area contributed by atoms with Gasteiger partial charge < -0.3 is 10.6 Å². The number of carbonyl (C=O) groups excluding carboxylic acids is 1. The summed E-state index contributed by atoms with van der Waals surface area (Å²) in [5.74, 6) is 0.257. The lowest BCUT2D eigenvalue weighted by atomic mass is 10.2. The zero-order valence-electron chi connectivity index (χ0n) is 12.5. The molecule has 0 saturated heterocycles. The van der Waals surface area contributed by atoms with E-state index < -0.39 is 0 Å². The van der Waals surface area contributed by atoms with Gasteiger partial charge in [0.25, 0.3) is 0 Å². The van der Waals surface area contributed by atoms with Crippen LogP contribution < -0.4 is 5.73 Å². The predicted molar refractivity (Wildman–Crippen MR) is 82.2 cm³/mol. The number of amides is 1. The Bertz CT molecular complexity index is 440. The van der Waals surface area contributed by atoms with Gasteiger partial charge in [-0.2, -0.15) is 0 Å². The van der Waals surface area contributed by atoms with E-state index in [0.717, 1.165) is 25.3 Å². The molecule has 1 aromatic carbocycles. The van der Waals surface area contributed by atoms with Crippen LogP contribution in [0.2, 0.25) is 0 Å². The summed E-state index contributed by atoms with van der Waals surface area (Å²) in [5, 5.41) is 0. The fourth-order valence-electron chi connectivity index (χ4n) is 2.47. The summed E-state index contributed by atoms with van der Waals surface area (Å²) in [7, 11) is 0. The molecule has 1 aliphatic rings. The van der Waals surface area contributed by atoms with Gasteiger partial charge in [0.15, 0.2) is 0 Å². The average molecular weight is 275 g/mol. The lowest BCUT2D eigenvalue weighted by Gasteiger charge is -2.26. The van der Waals surface area contributed by atoms with Gasteiger partial charge in [0, 0.05) is 24.8 Å². The van der Waals surface area contributed by atoms with E-state index in [2.05, 4.69) is 18.7 Å². The fourth-order valence-corrected chi connectivity index (χ4v) is 2.47. The molecule has 1 saturated carbocycles. The largest absolute Gasteiger partial charge is 0.399 e. The third-order valence-corrected chi connectivity index (χ3v) is 3.84. The zero-order valence-corrected chi connectivity index (χ0v) is 12.5. The highest BCUT2D eigenvalue weighted by Crippen LogP contribution is 2.26. The summed E-state index contributed by atoms with van der Waals surface area (Å²) in [6.07, 6.45) is 2.34. The van der Waals surface area contributed by atoms with Crippen molar-refractivity contribution in [1.29, 1.82) is 0 Å². The molecule has 1 aromatic rings. The number of hydrogen-bond acceptors (Lipinski definition) is 3. The summed E-state index contributed by atoms with van der Waals surface area (Å²) in [6.45, 7) is 7.15. The minimum Gasteiger partial charge on any atom is -0.399 e. The second-order valence-electron chi connectivity index (χ2n) is 5.46. The Morgan fingerprint density at radius 1 is 1.20 bits per heavy atom. The molecule has 20 heavy (non-hydrogen) atoms. The highest BCUT2D eigenvalue weighted by molar-refractivity contribution is 5.78.